The lowest BCUT2D eigenvalue weighted by atomic mass is 10.0. The van der Waals surface area contributed by atoms with E-state index in [1.165, 1.54) is 0 Å². The van der Waals surface area contributed by atoms with Gasteiger partial charge in [-0.05, 0) is 49.9 Å². The molecule has 3 atom stereocenters. The fourth-order valence-corrected chi connectivity index (χ4v) is 3.20. The summed E-state index contributed by atoms with van der Waals surface area (Å²) < 4.78 is 1.78. The van der Waals surface area contributed by atoms with Crippen molar-refractivity contribution < 1.29 is 14.7 Å². The fourth-order valence-electron chi connectivity index (χ4n) is 3.20. The normalized spacial score (nSPS) is 21.4. The number of amides is 1. The number of carbonyl (C=O) groups is 2. The second-order valence-corrected chi connectivity index (χ2v) is 6.32. The first-order chi connectivity index (χ1) is 11.5. The van der Waals surface area contributed by atoms with Crippen LogP contribution in [0.4, 0.5) is 0 Å². The van der Waals surface area contributed by atoms with Crippen molar-refractivity contribution in [2.45, 2.75) is 32.2 Å². The van der Waals surface area contributed by atoms with Crippen molar-refractivity contribution in [3.8, 4) is 5.69 Å². The van der Waals surface area contributed by atoms with Gasteiger partial charge in [0.05, 0.1) is 17.6 Å². The maximum atomic E-state index is 12.3. The first-order valence-corrected chi connectivity index (χ1v) is 8.17. The van der Waals surface area contributed by atoms with E-state index in [4.69, 9.17) is 5.11 Å². The highest BCUT2D eigenvalue weighted by atomic mass is 16.4. The number of nitrogens with one attached hydrogen (secondary N) is 1. The summed E-state index contributed by atoms with van der Waals surface area (Å²) >= 11 is 0. The quantitative estimate of drug-likeness (QED) is 0.884. The summed E-state index contributed by atoms with van der Waals surface area (Å²) in [6, 6.07) is 9.60. The molecule has 1 heterocycles. The molecule has 1 aliphatic rings. The molecule has 6 nitrogen and oxygen atoms in total. The Morgan fingerprint density at radius 3 is 2.54 bits per heavy atom. The van der Waals surface area contributed by atoms with Crippen molar-refractivity contribution in [1.82, 2.24) is 15.1 Å². The zero-order valence-electron chi connectivity index (χ0n) is 13.6. The Bertz CT molecular complexity index is 710. The Hall–Kier alpha value is -2.63. The third-order valence-electron chi connectivity index (χ3n) is 4.67. The van der Waals surface area contributed by atoms with Gasteiger partial charge in [0, 0.05) is 18.3 Å². The number of aliphatic carboxylic acids is 1. The van der Waals surface area contributed by atoms with Crippen molar-refractivity contribution in [1.29, 1.82) is 0 Å². The predicted octanol–water partition coefficient (Wildman–Crippen LogP) is 2.55. The Balaban J connectivity index is 1.59. The summed E-state index contributed by atoms with van der Waals surface area (Å²) in [6.45, 7) is 1.93. The molecule has 0 saturated heterocycles. The zero-order chi connectivity index (χ0) is 17.1. The van der Waals surface area contributed by atoms with E-state index in [-0.39, 0.29) is 23.8 Å². The van der Waals surface area contributed by atoms with Crippen LogP contribution >= 0.6 is 0 Å². The minimum absolute atomic E-state index is 0.0533. The highest BCUT2D eigenvalue weighted by molar-refractivity contribution is 5.81. The van der Waals surface area contributed by atoms with Gasteiger partial charge >= 0.3 is 5.97 Å². The van der Waals surface area contributed by atoms with E-state index in [1.54, 1.807) is 10.9 Å². The van der Waals surface area contributed by atoms with Crippen LogP contribution in [0.25, 0.3) is 5.69 Å². The van der Waals surface area contributed by atoms with Crippen LogP contribution in [0.1, 0.15) is 37.8 Å². The molecule has 24 heavy (non-hydrogen) atoms. The average Bonchev–Trinajstić information content (AvgIpc) is 3.26. The summed E-state index contributed by atoms with van der Waals surface area (Å²) in [7, 11) is 0. The third-order valence-corrected chi connectivity index (χ3v) is 4.67. The molecule has 1 aromatic heterocycles. The molecule has 0 aliphatic heterocycles. The van der Waals surface area contributed by atoms with Gasteiger partial charge in [0.15, 0.2) is 0 Å². The molecule has 1 unspecified atom stereocenters. The molecular weight excluding hydrogens is 306 g/mol. The zero-order valence-corrected chi connectivity index (χ0v) is 13.6. The topological polar surface area (TPSA) is 84.2 Å². The SMILES string of the molecule is CC(NC(=O)[C@@H]1CC[C@H](C(=O)O)C1)c1ccc(-n2cccn2)cc1. The highest BCUT2D eigenvalue weighted by Crippen LogP contribution is 2.31. The lowest BCUT2D eigenvalue weighted by Crippen LogP contribution is -2.32. The number of aromatic nitrogens is 2. The lowest BCUT2D eigenvalue weighted by molar-refractivity contribution is -0.141. The second kappa shape index (κ2) is 6.86. The molecule has 1 saturated carbocycles. The molecule has 1 amide bonds. The van der Waals surface area contributed by atoms with Crippen LogP contribution in [0.3, 0.4) is 0 Å². The minimum atomic E-state index is -0.799. The molecule has 2 aromatic rings. The van der Waals surface area contributed by atoms with Gasteiger partial charge in [-0.3, -0.25) is 9.59 Å². The largest absolute Gasteiger partial charge is 0.481 e. The van der Waals surface area contributed by atoms with Crippen LogP contribution in [0.2, 0.25) is 0 Å². The first-order valence-electron chi connectivity index (χ1n) is 8.17. The molecule has 6 heteroatoms. The maximum absolute atomic E-state index is 12.3. The molecule has 0 spiro atoms. The third kappa shape index (κ3) is 3.48. The number of rotatable bonds is 5. The number of carbonyl (C=O) groups excluding carboxylic acids is 1. The number of carboxylic acid groups (broad SMARTS) is 1. The number of hydrogen-bond donors (Lipinski definition) is 2. The number of hydrogen-bond acceptors (Lipinski definition) is 3. The average molecular weight is 327 g/mol. The van der Waals surface area contributed by atoms with Crippen molar-refractivity contribution in [3.63, 3.8) is 0 Å². The summed E-state index contributed by atoms with van der Waals surface area (Å²) in [5.74, 6) is -1.43. The fraction of sp³-hybridized carbons (Fsp3) is 0.389. The molecule has 1 aromatic carbocycles. The number of carboxylic acids is 1. The predicted molar refractivity (Wildman–Crippen MR) is 88.6 cm³/mol. The summed E-state index contributed by atoms with van der Waals surface area (Å²) in [5, 5.41) is 16.2. The summed E-state index contributed by atoms with van der Waals surface area (Å²) in [4.78, 5) is 23.3. The maximum Gasteiger partial charge on any atom is 0.306 e. The van der Waals surface area contributed by atoms with Gasteiger partial charge in [-0.25, -0.2) is 4.68 Å². The highest BCUT2D eigenvalue weighted by Gasteiger charge is 2.34. The van der Waals surface area contributed by atoms with Gasteiger partial charge in [-0.1, -0.05) is 12.1 Å². The standard InChI is InChI=1S/C18H21N3O3/c1-12(20-17(22)14-3-4-15(11-14)18(23)24)13-5-7-16(8-6-13)21-10-2-9-19-21/h2,5-10,12,14-15H,3-4,11H2,1H3,(H,20,22)(H,23,24)/t12?,14-,15+/m1/s1. The van der Waals surface area contributed by atoms with Crippen molar-refractivity contribution >= 4 is 11.9 Å². The van der Waals surface area contributed by atoms with Crippen molar-refractivity contribution in [2.75, 3.05) is 0 Å². The molecule has 126 valence electrons. The van der Waals surface area contributed by atoms with Crippen molar-refractivity contribution in [3.05, 3.63) is 48.3 Å². The van der Waals surface area contributed by atoms with Crippen LogP contribution in [-0.2, 0) is 9.59 Å². The Kier molecular flexibility index (Phi) is 4.64. The van der Waals surface area contributed by atoms with Crippen molar-refractivity contribution in [2.24, 2.45) is 11.8 Å². The first kappa shape index (κ1) is 16.2. The van der Waals surface area contributed by atoms with Gasteiger partial charge in [-0.15, -0.1) is 0 Å². The molecular formula is C18H21N3O3. The second-order valence-electron chi connectivity index (χ2n) is 6.32. The van der Waals surface area contributed by atoms with Crippen LogP contribution in [0, 0.1) is 11.8 Å². The van der Waals surface area contributed by atoms with Gasteiger partial charge < -0.3 is 10.4 Å². The summed E-state index contributed by atoms with van der Waals surface area (Å²) in [5.41, 5.74) is 1.97. The van der Waals surface area contributed by atoms with Crippen LogP contribution in [0.15, 0.2) is 42.7 Å². The van der Waals surface area contributed by atoms with Crippen LogP contribution < -0.4 is 5.32 Å². The number of benzene rings is 1. The summed E-state index contributed by atoms with van der Waals surface area (Å²) in [6.07, 6.45) is 5.27. The lowest BCUT2D eigenvalue weighted by Gasteiger charge is -2.18. The molecule has 1 fully saturated rings. The monoisotopic (exact) mass is 327 g/mol. The Morgan fingerprint density at radius 2 is 1.96 bits per heavy atom. The van der Waals surface area contributed by atoms with E-state index >= 15 is 0 Å². The van der Waals surface area contributed by atoms with E-state index < -0.39 is 5.97 Å². The van der Waals surface area contributed by atoms with Gasteiger partial charge in [0.25, 0.3) is 0 Å². The van der Waals surface area contributed by atoms with E-state index in [0.29, 0.717) is 19.3 Å². The van der Waals surface area contributed by atoms with E-state index in [9.17, 15) is 9.59 Å². The van der Waals surface area contributed by atoms with E-state index in [0.717, 1.165) is 11.3 Å². The van der Waals surface area contributed by atoms with E-state index in [1.807, 2.05) is 43.5 Å². The van der Waals surface area contributed by atoms with Gasteiger partial charge in [0.1, 0.15) is 0 Å². The van der Waals surface area contributed by atoms with Crippen LogP contribution in [-0.4, -0.2) is 26.8 Å². The van der Waals surface area contributed by atoms with Crippen LogP contribution in [0.5, 0.6) is 0 Å². The number of nitrogens with zero attached hydrogens (tertiary/aromatic N) is 2. The van der Waals surface area contributed by atoms with Gasteiger partial charge in [-0.2, -0.15) is 5.10 Å². The molecule has 0 radical (unpaired) electrons. The minimum Gasteiger partial charge on any atom is -0.481 e. The molecule has 0 bridgehead atoms. The molecule has 1 aliphatic carbocycles. The molecule has 2 N–H and O–H groups in total. The Morgan fingerprint density at radius 1 is 1.25 bits per heavy atom. The van der Waals surface area contributed by atoms with Gasteiger partial charge in [0.2, 0.25) is 5.91 Å². The Labute approximate surface area is 140 Å². The molecule has 3 rings (SSSR count). The van der Waals surface area contributed by atoms with E-state index in [2.05, 4.69) is 10.4 Å². The smallest absolute Gasteiger partial charge is 0.306 e.